The molecule has 2 N–H and O–H groups in total. The molecule has 166 valence electrons. The van der Waals surface area contributed by atoms with Gasteiger partial charge in [-0.2, -0.15) is 0 Å². The van der Waals surface area contributed by atoms with Crippen LogP contribution in [0.5, 0.6) is 0 Å². The van der Waals surface area contributed by atoms with Crippen LogP contribution in [0.15, 0.2) is 66.0 Å². The average Bonchev–Trinajstić information content (AvgIpc) is 3.33. The maximum atomic E-state index is 12.8. The zero-order valence-electron chi connectivity index (χ0n) is 18.3. The molecular formula is C26H29N3O2S. The molecule has 0 unspecified atom stereocenters. The van der Waals surface area contributed by atoms with E-state index in [0.29, 0.717) is 17.7 Å². The van der Waals surface area contributed by atoms with E-state index in [1.54, 1.807) is 11.3 Å². The number of hydrogen-bond acceptors (Lipinski definition) is 4. The molecule has 0 atom stereocenters. The lowest BCUT2D eigenvalue weighted by Gasteiger charge is -2.35. The Morgan fingerprint density at radius 2 is 1.72 bits per heavy atom. The van der Waals surface area contributed by atoms with Crippen LogP contribution in [0.1, 0.15) is 44.0 Å². The van der Waals surface area contributed by atoms with Gasteiger partial charge in [0.05, 0.1) is 5.56 Å². The van der Waals surface area contributed by atoms with Crippen molar-refractivity contribution in [3.05, 3.63) is 87.6 Å². The molecule has 0 saturated carbocycles. The molecule has 0 radical (unpaired) electrons. The normalized spacial score (nSPS) is 14.2. The standard InChI is InChI=1S/C26H29N3O2S/c1-19-8-10-20(11-9-19)25(30)28-21-13-16-29(17-14-21)24-7-3-2-6-23(24)26(31)27-15-12-22-5-4-18-32-22/h2-11,18,21H,12-17H2,1H3,(H,27,31)(H,28,30). The largest absolute Gasteiger partial charge is 0.371 e. The van der Waals surface area contributed by atoms with Crippen molar-refractivity contribution >= 4 is 28.8 Å². The third kappa shape index (κ3) is 5.56. The van der Waals surface area contributed by atoms with E-state index >= 15 is 0 Å². The number of hydrogen-bond donors (Lipinski definition) is 2. The second-order valence-corrected chi connectivity index (χ2v) is 9.24. The molecule has 1 saturated heterocycles. The molecule has 1 aliphatic rings. The van der Waals surface area contributed by atoms with E-state index in [1.165, 1.54) is 4.88 Å². The zero-order valence-corrected chi connectivity index (χ0v) is 19.2. The van der Waals surface area contributed by atoms with Crippen LogP contribution < -0.4 is 15.5 Å². The first-order valence-electron chi connectivity index (χ1n) is 11.1. The fraction of sp³-hybridized carbons (Fsp3) is 0.308. The second-order valence-electron chi connectivity index (χ2n) is 8.20. The first kappa shape index (κ1) is 22.1. The Labute approximate surface area is 193 Å². The van der Waals surface area contributed by atoms with Crippen molar-refractivity contribution in [1.29, 1.82) is 0 Å². The summed E-state index contributed by atoms with van der Waals surface area (Å²) in [5.41, 5.74) is 3.51. The van der Waals surface area contributed by atoms with Gasteiger partial charge in [-0.15, -0.1) is 11.3 Å². The van der Waals surface area contributed by atoms with E-state index in [1.807, 2.05) is 61.5 Å². The summed E-state index contributed by atoms with van der Waals surface area (Å²) < 4.78 is 0. The third-order valence-electron chi connectivity index (χ3n) is 5.87. The number of para-hydroxylation sites is 1. The highest BCUT2D eigenvalue weighted by Crippen LogP contribution is 2.24. The van der Waals surface area contributed by atoms with E-state index in [4.69, 9.17) is 0 Å². The molecule has 2 heterocycles. The van der Waals surface area contributed by atoms with Gasteiger partial charge in [0.25, 0.3) is 11.8 Å². The summed E-state index contributed by atoms with van der Waals surface area (Å²) in [5.74, 6) is -0.0547. The van der Waals surface area contributed by atoms with Crippen LogP contribution in [0, 0.1) is 6.92 Å². The summed E-state index contributed by atoms with van der Waals surface area (Å²) in [6.07, 6.45) is 2.55. The Balaban J connectivity index is 1.31. The number of carbonyl (C=O) groups excluding carboxylic acids is 2. The van der Waals surface area contributed by atoms with Crippen molar-refractivity contribution in [3.8, 4) is 0 Å². The lowest BCUT2D eigenvalue weighted by Crippen LogP contribution is -2.45. The smallest absolute Gasteiger partial charge is 0.253 e. The number of nitrogens with one attached hydrogen (secondary N) is 2. The van der Waals surface area contributed by atoms with Gasteiger partial charge >= 0.3 is 0 Å². The van der Waals surface area contributed by atoms with Crippen molar-refractivity contribution in [2.45, 2.75) is 32.2 Å². The topological polar surface area (TPSA) is 61.4 Å². The Morgan fingerprint density at radius 3 is 2.44 bits per heavy atom. The van der Waals surface area contributed by atoms with Gasteiger partial charge in [0, 0.05) is 41.8 Å². The number of aryl methyl sites for hydroxylation is 1. The summed E-state index contributed by atoms with van der Waals surface area (Å²) in [7, 11) is 0. The van der Waals surface area contributed by atoms with Crippen molar-refractivity contribution in [2.24, 2.45) is 0 Å². The Bertz CT molecular complexity index is 1040. The molecule has 0 bridgehead atoms. The van der Waals surface area contributed by atoms with E-state index in [9.17, 15) is 9.59 Å². The van der Waals surface area contributed by atoms with Crippen LogP contribution in [0.25, 0.3) is 0 Å². The van der Waals surface area contributed by atoms with E-state index < -0.39 is 0 Å². The number of thiophene rings is 1. The number of amides is 2. The number of anilines is 1. The van der Waals surface area contributed by atoms with Gasteiger partial charge < -0.3 is 15.5 Å². The maximum absolute atomic E-state index is 12.8. The minimum absolute atomic E-state index is 0.0195. The van der Waals surface area contributed by atoms with Gasteiger partial charge in [-0.25, -0.2) is 0 Å². The molecule has 0 spiro atoms. The van der Waals surface area contributed by atoms with Crippen molar-refractivity contribution in [2.75, 3.05) is 24.5 Å². The number of nitrogens with zero attached hydrogens (tertiary/aromatic N) is 1. The van der Waals surface area contributed by atoms with Crippen LogP contribution in [-0.2, 0) is 6.42 Å². The summed E-state index contributed by atoms with van der Waals surface area (Å²) in [6, 6.07) is 19.7. The van der Waals surface area contributed by atoms with Crippen LogP contribution in [0.3, 0.4) is 0 Å². The van der Waals surface area contributed by atoms with Crippen molar-refractivity contribution in [1.82, 2.24) is 10.6 Å². The summed E-state index contributed by atoms with van der Waals surface area (Å²) in [4.78, 5) is 28.9. The minimum Gasteiger partial charge on any atom is -0.371 e. The highest BCUT2D eigenvalue weighted by Gasteiger charge is 2.24. The SMILES string of the molecule is Cc1ccc(C(=O)NC2CCN(c3ccccc3C(=O)NCCc3cccs3)CC2)cc1. The first-order chi connectivity index (χ1) is 15.6. The quantitative estimate of drug-likeness (QED) is 0.563. The number of carbonyl (C=O) groups is 2. The highest BCUT2D eigenvalue weighted by molar-refractivity contribution is 7.09. The van der Waals surface area contributed by atoms with E-state index in [2.05, 4.69) is 27.0 Å². The molecule has 5 nitrogen and oxygen atoms in total. The van der Waals surface area contributed by atoms with Gasteiger partial charge in [0.2, 0.25) is 0 Å². The summed E-state index contributed by atoms with van der Waals surface area (Å²) in [5, 5.41) is 8.27. The van der Waals surface area contributed by atoms with Crippen LogP contribution in [0.2, 0.25) is 0 Å². The molecule has 6 heteroatoms. The Morgan fingerprint density at radius 1 is 0.969 bits per heavy atom. The Hall–Kier alpha value is -3.12. The fourth-order valence-corrected chi connectivity index (χ4v) is 4.74. The molecule has 0 aliphatic carbocycles. The predicted octanol–water partition coefficient (Wildman–Crippen LogP) is 4.43. The van der Waals surface area contributed by atoms with E-state index in [0.717, 1.165) is 43.6 Å². The molecule has 32 heavy (non-hydrogen) atoms. The van der Waals surface area contributed by atoms with Gasteiger partial charge in [0.15, 0.2) is 0 Å². The van der Waals surface area contributed by atoms with Gasteiger partial charge in [-0.1, -0.05) is 35.9 Å². The summed E-state index contributed by atoms with van der Waals surface area (Å²) >= 11 is 1.71. The maximum Gasteiger partial charge on any atom is 0.253 e. The Kier molecular flexibility index (Phi) is 7.22. The first-order valence-corrected chi connectivity index (χ1v) is 12.0. The molecule has 2 aromatic carbocycles. The van der Waals surface area contributed by atoms with Crippen LogP contribution in [0.4, 0.5) is 5.69 Å². The monoisotopic (exact) mass is 447 g/mol. The number of rotatable bonds is 7. The lowest BCUT2D eigenvalue weighted by atomic mass is 10.0. The van der Waals surface area contributed by atoms with Crippen molar-refractivity contribution < 1.29 is 9.59 Å². The molecule has 3 aromatic rings. The molecule has 1 aliphatic heterocycles. The van der Waals surface area contributed by atoms with Gasteiger partial charge in [-0.05, 0) is 61.9 Å². The molecule has 1 fully saturated rings. The molecule has 1 aromatic heterocycles. The molecular weight excluding hydrogens is 418 g/mol. The summed E-state index contributed by atoms with van der Waals surface area (Å²) in [6.45, 7) is 4.25. The highest BCUT2D eigenvalue weighted by atomic mass is 32.1. The fourth-order valence-electron chi connectivity index (χ4n) is 4.03. The zero-order chi connectivity index (χ0) is 22.3. The second kappa shape index (κ2) is 10.5. The lowest BCUT2D eigenvalue weighted by molar-refractivity contribution is 0.0929. The molecule has 2 amide bonds. The average molecular weight is 448 g/mol. The van der Waals surface area contributed by atoms with E-state index in [-0.39, 0.29) is 17.9 Å². The molecule has 4 rings (SSSR count). The van der Waals surface area contributed by atoms with Crippen LogP contribution >= 0.6 is 11.3 Å². The number of piperidine rings is 1. The minimum atomic E-state index is -0.0352. The van der Waals surface area contributed by atoms with Gasteiger partial charge in [0.1, 0.15) is 0 Å². The predicted molar refractivity (Wildman–Crippen MR) is 131 cm³/mol. The van der Waals surface area contributed by atoms with Crippen molar-refractivity contribution in [3.63, 3.8) is 0 Å². The number of benzene rings is 2. The van der Waals surface area contributed by atoms with Gasteiger partial charge in [-0.3, -0.25) is 9.59 Å². The third-order valence-corrected chi connectivity index (χ3v) is 6.81. The van der Waals surface area contributed by atoms with Crippen LogP contribution in [-0.4, -0.2) is 37.5 Å².